The zero-order valence-corrected chi connectivity index (χ0v) is 11.0. The van der Waals surface area contributed by atoms with E-state index >= 15 is 0 Å². The van der Waals surface area contributed by atoms with Crippen molar-refractivity contribution in [2.24, 2.45) is 10.9 Å². The van der Waals surface area contributed by atoms with Gasteiger partial charge in [-0.1, -0.05) is 19.9 Å². The second kappa shape index (κ2) is 4.47. The fourth-order valence-electron chi connectivity index (χ4n) is 1.91. The van der Waals surface area contributed by atoms with Crippen molar-refractivity contribution in [2.75, 3.05) is 6.61 Å². The Morgan fingerprint density at radius 1 is 1.35 bits per heavy atom. The Morgan fingerprint density at radius 2 is 2.12 bits per heavy atom. The summed E-state index contributed by atoms with van der Waals surface area (Å²) in [5.74, 6) is 1.34. The third-order valence-corrected chi connectivity index (χ3v) is 3.28. The number of rotatable bonds is 3. The summed E-state index contributed by atoms with van der Waals surface area (Å²) in [7, 11) is 0. The van der Waals surface area contributed by atoms with E-state index in [-0.39, 0.29) is 11.5 Å². The lowest BCUT2D eigenvalue weighted by Crippen LogP contribution is -2.30. The Bertz CT molecular complexity index is 409. The van der Waals surface area contributed by atoms with Gasteiger partial charge in [0, 0.05) is 6.20 Å². The molecule has 0 radical (unpaired) electrons. The van der Waals surface area contributed by atoms with E-state index in [1.54, 1.807) is 0 Å². The van der Waals surface area contributed by atoms with E-state index < -0.39 is 0 Å². The van der Waals surface area contributed by atoms with Gasteiger partial charge >= 0.3 is 0 Å². The van der Waals surface area contributed by atoms with Gasteiger partial charge in [0.15, 0.2) is 5.90 Å². The number of aromatic nitrogens is 1. The van der Waals surface area contributed by atoms with Crippen LogP contribution in [0, 0.1) is 5.92 Å². The maximum atomic E-state index is 5.76. The summed E-state index contributed by atoms with van der Waals surface area (Å²) in [4.78, 5) is 9.09. The first-order chi connectivity index (χ1) is 8.01. The quantitative estimate of drug-likeness (QED) is 0.803. The molecule has 0 N–H and O–H groups in total. The largest absolute Gasteiger partial charge is 0.478 e. The molecule has 0 saturated carbocycles. The molecule has 1 aliphatic rings. The molecule has 2 rings (SSSR count). The summed E-state index contributed by atoms with van der Waals surface area (Å²) in [6, 6.07) is 6.23. The van der Waals surface area contributed by atoms with Gasteiger partial charge in [0.05, 0.1) is 17.2 Å². The first-order valence-electron chi connectivity index (χ1n) is 6.14. The molecule has 0 aromatic carbocycles. The van der Waals surface area contributed by atoms with Crippen LogP contribution in [0.2, 0.25) is 0 Å². The van der Waals surface area contributed by atoms with Crippen molar-refractivity contribution in [1.82, 2.24) is 4.98 Å². The third kappa shape index (κ3) is 2.33. The number of pyridine rings is 1. The van der Waals surface area contributed by atoms with Gasteiger partial charge in [-0.3, -0.25) is 4.98 Å². The van der Waals surface area contributed by atoms with Crippen molar-refractivity contribution in [3.8, 4) is 0 Å². The molecule has 0 spiro atoms. The lowest BCUT2D eigenvalue weighted by molar-refractivity contribution is 0.274. The first kappa shape index (κ1) is 12.1. The number of ether oxygens (including phenoxy) is 1. The molecular weight excluding hydrogens is 212 g/mol. The SMILES string of the molecule is CC(C)C1COC(C(C)(C)c2ccccn2)=N1. The van der Waals surface area contributed by atoms with E-state index in [4.69, 9.17) is 9.73 Å². The van der Waals surface area contributed by atoms with Crippen LogP contribution in [0.5, 0.6) is 0 Å². The first-order valence-corrected chi connectivity index (χ1v) is 6.14. The van der Waals surface area contributed by atoms with Crippen molar-refractivity contribution < 1.29 is 4.74 Å². The van der Waals surface area contributed by atoms with Crippen LogP contribution >= 0.6 is 0 Å². The monoisotopic (exact) mass is 232 g/mol. The van der Waals surface area contributed by atoms with Crippen molar-refractivity contribution in [3.63, 3.8) is 0 Å². The molecule has 0 aliphatic carbocycles. The van der Waals surface area contributed by atoms with Gasteiger partial charge in [-0.25, -0.2) is 4.99 Å². The van der Waals surface area contributed by atoms with Crippen LogP contribution < -0.4 is 0 Å². The van der Waals surface area contributed by atoms with Gasteiger partial charge in [0.2, 0.25) is 0 Å². The highest BCUT2D eigenvalue weighted by Crippen LogP contribution is 2.28. The molecule has 1 unspecified atom stereocenters. The molecule has 3 heteroatoms. The fraction of sp³-hybridized carbons (Fsp3) is 0.571. The van der Waals surface area contributed by atoms with Crippen LogP contribution in [0.25, 0.3) is 0 Å². The number of hydrogen-bond acceptors (Lipinski definition) is 3. The Hall–Kier alpha value is -1.38. The highest BCUT2D eigenvalue weighted by Gasteiger charge is 2.35. The highest BCUT2D eigenvalue weighted by molar-refractivity contribution is 5.88. The van der Waals surface area contributed by atoms with Gasteiger partial charge < -0.3 is 4.74 Å². The lowest BCUT2D eigenvalue weighted by Gasteiger charge is -2.22. The lowest BCUT2D eigenvalue weighted by atomic mass is 9.88. The van der Waals surface area contributed by atoms with Crippen LogP contribution in [0.1, 0.15) is 33.4 Å². The molecule has 3 nitrogen and oxygen atoms in total. The predicted octanol–water partition coefficient (Wildman–Crippen LogP) is 2.81. The number of aliphatic imine (C=N–C) groups is 1. The van der Waals surface area contributed by atoms with Gasteiger partial charge in [-0.2, -0.15) is 0 Å². The van der Waals surface area contributed by atoms with E-state index in [2.05, 4.69) is 32.7 Å². The van der Waals surface area contributed by atoms with Crippen molar-refractivity contribution in [2.45, 2.75) is 39.2 Å². The van der Waals surface area contributed by atoms with Crippen LogP contribution in [0.15, 0.2) is 29.4 Å². The van der Waals surface area contributed by atoms with Crippen LogP contribution in [0.4, 0.5) is 0 Å². The van der Waals surface area contributed by atoms with Crippen molar-refractivity contribution in [3.05, 3.63) is 30.1 Å². The zero-order valence-electron chi connectivity index (χ0n) is 11.0. The predicted molar refractivity (Wildman–Crippen MR) is 69.3 cm³/mol. The van der Waals surface area contributed by atoms with Gasteiger partial charge in [0.1, 0.15) is 6.61 Å². The molecule has 0 bridgehead atoms. The summed E-state index contributed by atoms with van der Waals surface area (Å²) in [6.45, 7) is 9.26. The second-order valence-corrected chi connectivity index (χ2v) is 5.40. The molecule has 1 aromatic heterocycles. The Morgan fingerprint density at radius 3 is 2.65 bits per heavy atom. The molecule has 1 aliphatic heterocycles. The minimum absolute atomic E-state index is 0.245. The highest BCUT2D eigenvalue weighted by atomic mass is 16.5. The third-order valence-electron chi connectivity index (χ3n) is 3.28. The standard InChI is InChI=1S/C14H20N2O/c1-10(2)11-9-17-13(16-11)14(3,4)12-7-5-6-8-15-12/h5-8,10-11H,9H2,1-4H3. The number of nitrogens with zero attached hydrogens (tertiary/aromatic N) is 2. The minimum Gasteiger partial charge on any atom is -0.478 e. The molecule has 92 valence electrons. The van der Waals surface area contributed by atoms with E-state index in [1.807, 2.05) is 24.4 Å². The van der Waals surface area contributed by atoms with E-state index in [9.17, 15) is 0 Å². The van der Waals surface area contributed by atoms with E-state index in [1.165, 1.54) is 0 Å². The van der Waals surface area contributed by atoms with Gasteiger partial charge in [-0.05, 0) is 31.9 Å². The molecule has 1 aromatic rings. The zero-order chi connectivity index (χ0) is 12.5. The summed E-state index contributed by atoms with van der Waals surface area (Å²) in [5.41, 5.74) is 0.758. The van der Waals surface area contributed by atoms with Crippen LogP contribution in [-0.4, -0.2) is 23.5 Å². The Kier molecular flexibility index (Phi) is 3.18. The molecular formula is C14H20N2O. The second-order valence-electron chi connectivity index (χ2n) is 5.40. The molecule has 0 saturated heterocycles. The molecule has 0 amide bonds. The molecule has 0 fully saturated rings. The van der Waals surface area contributed by atoms with Crippen LogP contribution in [-0.2, 0) is 10.2 Å². The van der Waals surface area contributed by atoms with E-state index in [0.29, 0.717) is 12.5 Å². The molecule has 2 heterocycles. The Balaban J connectivity index is 2.26. The average molecular weight is 232 g/mol. The summed E-state index contributed by atoms with van der Waals surface area (Å²) in [5, 5.41) is 0. The maximum Gasteiger partial charge on any atom is 0.195 e. The van der Waals surface area contributed by atoms with Crippen LogP contribution in [0.3, 0.4) is 0 Å². The van der Waals surface area contributed by atoms with Gasteiger partial charge in [0.25, 0.3) is 0 Å². The van der Waals surface area contributed by atoms with Crippen molar-refractivity contribution in [1.29, 1.82) is 0 Å². The molecule has 1 atom stereocenters. The summed E-state index contributed by atoms with van der Waals surface area (Å²) >= 11 is 0. The molecule has 17 heavy (non-hydrogen) atoms. The number of hydrogen-bond donors (Lipinski definition) is 0. The smallest absolute Gasteiger partial charge is 0.195 e. The topological polar surface area (TPSA) is 34.5 Å². The maximum absolute atomic E-state index is 5.76. The van der Waals surface area contributed by atoms with Gasteiger partial charge in [-0.15, -0.1) is 0 Å². The summed E-state index contributed by atoms with van der Waals surface area (Å²) in [6.07, 6.45) is 1.81. The summed E-state index contributed by atoms with van der Waals surface area (Å²) < 4.78 is 5.76. The van der Waals surface area contributed by atoms with Crippen molar-refractivity contribution >= 4 is 5.90 Å². The van der Waals surface area contributed by atoms with E-state index in [0.717, 1.165) is 11.6 Å². The Labute approximate surface area is 103 Å². The normalized spacial score (nSPS) is 20.3. The fourth-order valence-corrected chi connectivity index (χ4v) is 1.91. The average Bonchev–Trinajstić information content (AvgIpc) is 2.80. The minimum atomic E-state index is -0.245.